The molecule has 0 spiro atoms. The van der Waals surface area contributed by atoms with Crippen LogP contribution >= 0.6 is 0 Å². The highest BCUT2D eigenvalue weighted by atomic mass is 19.1. The SMILES string of the molecule is CC(C)N(CC1CC1)c1cccc(F)c1[C@@H](C)O. The number of hydrogen-bond acceptors (Lipinski definition) is 2. The average Bonchev–Trinajstić information content (AvgIpc) is 3.08. The Bertz CT molecular complexity index is 413. The molecule has 3 heteroatoms. The largest absolute Gasteiger partial charge is 0.389 e. The fourth-order valence-corrected chi connectivity index (χ4v) is 2.36. The molecular weight excluding hydrogens is 229 g/mol. The van der Waals surface area contributed by atoms with E-state index in [0.717, 1.165) is 18.2 Å². The summed E-state index contributed by atoms with van der Waals surface area (Å²) in [4.78, 5) is 2.21. The number of hydrogen-bond donors (Lipinski definition) is 1. The van der Waals surface area contributed by atoms with Crippen LogP contribution in [0.25, 0.3) is 0 Å². The van der Waals surface area contributed by atoms with Gasteiger partial charge in [0.15, 0.2) is 0 Å². The lowest BCUT2D eigenvalue weighted by Gasteiger charge is -2.32. The predicted octanol–water partition coefficient (Wildman–Crippen LogP) is 3.50. The Hall–Kier alpha value is -1.09. The van der Waals surface area contributed by atoms with Gasteiger partial charge in [-0.05, 0) is 51.7 Å². The summed E-state index contributed by atoms with van der Waals surface area (Å²) in [5.41, 5.74) is 1.26. The van der Waals surface area contributed by atoms with Gasteiger partial charge in [0, 0.05) is 23.8 Å². The Morgan fingerprint density at radius 2 is 2.00 bits per heavy atom. The first kappa shape index (κ1) is 13.3. The molecule has 0 heterocycles. The van der Waals surface area contributed by atoms with Gasteiger partial charge in [0.2, 0.25) is 0 Å². The summed E-state index contributed by atoms with van der Waals surface area (Å²) in [5, 5.41) is 9.80. The first-order valence-electron chi connectivity index (χ1n) is 6.73. The fourth-order valence-electron chi connectivity index (χ4n) is 2.36. The van der Waals surface area contributed by atoms with Crippen LogP contribution in [0.15, 0.2) is 18.2 Å². The summed E-state index contributed by atoms with van der Waals surface area (Å²) in [7, 11) is 0. The second kappa shape index (κ2) is 5.27. The van der Waals surface area contributed by atoms with Crippen LogP contribution in [0.2, 0.25) is 0 Å². The van der Waals surface area contributed by atoms with E-state index in [4.69, 9.17) is 0 Å². The van der Waals surface area contributed by atoms with Gasteiger partial charge < -0.3 is 10.0 Å². The van der Waals surface area contributed by atoms with E-state index in [1.807, 2.05) is 6.07 Å². The molecule has 1 aliphatic rings. The van der Waals surface area contributed by atoms with E-state index in [9.17, 15) is 9.50 Å². The summed E-state index contributed by atoms with van der Waals surface area (Å²) in [6.45, 7) is 6.80. The van der Waals surface area contributed by atoms with Crippen molar-refractivity contribution in [2.45, 2.75) is 45.8 Å². The van der Waals surface area contributed by atoms with Crippen LogP contribution in [0.4, 0.5) is 10.1 Å². The number of aliphatic hydroxyl groups is 1. The minimum Gasteiger partial charge on any atom is -0.389 e. The van der Waals surface area contributed by atoms with E-state index in [0.29, 0.717) is 11.6 Å². The van der Waals surface area contributed by atoms with Crippen LogP contribution in [0, 0.1) is 11.7 Å². The highest BCUT2D eigenvalue weighted by Crippen LogP contribution is 2.35. The molecule has 1 aromatic rings. The zero-order valence-corrected chi connectivity index (χ0v) is 11.4. The molecule has 1 saturated carbocycles. The van der Waals surface area contributed by atoms with Gasteiger partial charge in [-0.15, -0.1) is 0 Å². The molecule has 0 aliphatic heterocycles. The van der Waals surface area contributed by atoms with Crippen LogP contribution in [0.1, 0.15) is 45.3 Å². The van der Waals surface area contributed by atoms with Gasteiger partial charge in [-0.1, -0.05) is 6.07 Å². The van der Waals surface area contributed by atoms with Gasteiger partial charge in [-0.25, -0.2) is 4.39 Å². The highest BCUT2D eigenvalue weighted by Gasteiger charge is 2.28. The molecule has 2 nitrogen and oxygen atoms in total. The smallest absolute Gasteiger partial charge is 0.131 e. The Morgan fingerprint density at radius 1 is 1.33 bits per heavy atom. The Balaban J connectivity index is 2.36. The van der Waals surface area contributed by atoms with Crippen molar-refractivity contribution in [2.75, 3.05) is 11.4 Å². The van der Waals surface area contributed by atoms with E-state index >= 15 is 0 Å². The number of nitrogens with zero attached hydrogens (tertiary/aromatic N) is 1. The molecular formula is C15H22FNO. The zero-order valence-electron chi connectivity index (χ0n) is 11.4. The van der Waals surface area contributed by atoms with Crippen molar-refractivity contribution in [3.05, 3.63) is 29.6 Å². The van der Waals surface area contributed by atoms with E-state index in [1.165, 1.54) is 18.9 Å². The third kappa shape index (κ3) is 2.83. The second-order valence-electron chi connectivity index (χ2n) is 5.54. The molecule has 1 fully saturated rings. The van der Waals surface area contributed by atoms with Crippen molar-refractivity contribution in [3.8, 4) is 0 Å². The maximum atomic E-state index is 13.9. The van der Waals surface area contributed by atoms with Gasteiger partial charge in [0.05, 0.1) is 6.10 Å². The summed E-state index contributed by atoms with van der Waals surface area (Å²) in [6.07, 6.45) is 1.76. The number of benzene rings is 1. The molecule has 1 aliphatic carbocycles. The lowest BCUT2D eigenvalue weighted by Crippen LogP contribution is -2.34. The summed E-state index contributed by atoms with van der Waals surface area (Å²) in [5.74, 6) is 0.418. The Labute approximate surface area is 108 Å². The topological polar surface area (TPSA) is 23.5 Å². The molecule has 1 aromatic carbocycles. The monoisotopic (exact) mass is 251 g/mol. The Morgan fingerprint density at radius 3 is 2.50 bits per heavy atom. The highest BCUT2D eigenvalue weighted by molar-refractivity contribution is 5.56. The van der Waals surface area contributed by atoms with Crippen molar-refractivity contribution in [3.63, 3.8) is 0 Å². The van der Waals surface area contributed by atoms with Crippen LogP contribution < -0.4 is 4.90 Å². The molecule has 0 aromatic heterocycles. The van der Waals surface area contributed by atoms with Crippen molar-refractivity contribution in [1.82, 2.24) is 0 Å². The summed E-state index contributed by atoms with van der Waals surface area (Å²) < 4.78 is 13.9. The molecule has 1 N–H and O–H groups in total. The molecule has 1 atom stereocenters. The molecule has 18 heavy (non-hydrogen) atoms. The molecule has 0 bridgehead atoms. The fraction of sp³-hybridized carbons (Fsp3) is 0.600. The number of halogens is 1. The molecule has 2 rings (SSSR count). The summed E-state index contributed by atoms with van der Waals surface area (Å²) >= 11 is 0. The van der Waals surface area contributed by atoms with Gasteiger partial charge in [0.1, 0.15) is 5.82 Å². The minimum absolute atomic E-state index is 0.310. The number of rotatable bonds is 5. The van der Waals surface area contributed by atoms with Crippen molar-refractivity contribution >= 4 is 5.69 Å². The van der Waals surface area contributed by atoms with Gasteiger partial charge in [0.25, 0.3) is 0 Å². The first-order chi connectivity index (χ1) is 8.50. The van der Waals surface area contributed by atoms with Gasteiger partial charge >= 0.3 is 0 Å². The maximum absolute atomic E-state index is 13.9. The lowest BCUT2D eigenvalue weighted by atomic mass is 10.0. The molecule has 0 unspecified atom stereocenters. The van der Waals surface area contributed by atoms with Gasteiger partial charge in [-0.2, -0.15) is 0 Å². The normalized spacial score (nSPS) is 17.0. The average molecular weight is 251 g/mol. The standard InChI is InChI=1S/C15H22FNO/c1-10(2)17(9-12-7-8-12)14-6-4-5-13(16)15(14)11(3)18/h4-6,10-12,18H,7-9H2,1-3H3/t11-/m1/s1. The van der Waals surface area contributed by atoms with E-state index < -0.39 is 6.10 Å². The number of anilines is 1. The Kier molecular flexibility index (Phi) is 3.91. The van der Waals surface area contributed by atoms with Gasteiger partial charge in [-0.3, -0.25) is 0 Å². The third-order valence-corrected chi connectivity index (χ3v) is 3.53. The molecule has 100 valence electrons. The van der Waals surface area contributed by atoms with Crippen LogP contribution in [-0.2, 0) is 0 Å². The molecule has 0 radical (unpaired) electrons. The predicted molar refractivity (Wildman–Crippen MR) is 72.2 cm³/mol. The van der Waals surface area contributed by atoms with Crippen molar-refractivity contribution in [1.29, 1.82) is 0 Å². The van der Waals surface area contributed by atoms with Crippen LogP contribution in [-0.4, -0.2) is 17.7 Å². The number of aliphatic hydroxyl groups excluding tert-OH is 1. The van der Waals surface area contributed by atoms with Crippen molar-refractivity contribution in [2.24, 2.45) is 5.92 Å². The lowest BCUT2D eigenvalue weighted by molar-refractivity contribution is 0.194. The second-order valence-corrected chi connectivity index (χ2v) is 5.54. The third-order valence-electron chi connectivity index (χ3n) is 3.53. The van der Waals surface area contributed by atoms with E-state index in [2.05, 4.69) is 18.7 Å². The van der Waals surface area contributed by atoms with Crippen LogP contribution in [0.5, 0.6) is 0 Å². The maximum Gasteiger partial charge on any atom is 0.131 e. The zero-order chi connectivity index (χ0) is 13.3. The quantitative estimate of drug-likeness (QED) is 0.865. The first-order valence-corrected chi connectivity index (χ1v) is 6.73. The molecule has 0 saturated heterocycles. The summed E-state index contributed by atoms with van der Waals surface area (Å²) in [6, 6.07) is 5.36. The molecule has 0 amide bonds. The minimum atomic E-state index is -0.776. The van der Waals surface area contributed by atoms with Crippen molar-refractivity contribution < 1.29 is 9.50 Å². The van der Waals surface area contributed by atoms with E-state index in [1.54, 1.807) is 13.0 Å². The van der Waals surface area contributed by atoms with E-state index in [-0.39, 0.29) is 5.82 Å². The van der Waals surface area contributed by atoms with Crippen LogP contribution in [0.3, 0.4) is 0 Å².